The van der Waals surface area contributed by atoms with Gasteiger partial charge >= 0.3 is 0 Å². The fraction of sp³-hybridized carbons (Fsp3) is 0. The lowest BCUT2D eigenvalue weighted by Gasteiger charge is -1.82. The van der Waals surface area contributed by atoms with Gasteiger partial charge in [-0.1, -0.05) is 5.16 Å². The quantitative estimate of drug-likeness (QED) is 0.633. The zero-order valence-electron chi connectivity index (χ0n) is 7.45. The van der Waals surface area contributed by atoms with E-state index in [1.807, 2.05) is 0 Å². The van der Waals surface area contributed by atoms with Crippen LogP contribution in [0.2, 0.25) is 0 Å². The van der Waals surface area contributed by atoms with Crippen molar-refractivity contribution in [3.05, 3.63) is 30.9 Å². The predicted molar refractivity (Wildman–Crippen MR) is 47.5 cm³/mol. The number of hydrogen-bond acceptors (Lipinski definition) is 6. The summed E-state index contributed by atoms with van der Waals surface area (Å²) in [4.78, 5) is 7.97. The molecule has 0 spiro atoms. The maximum atomic E-state index is 5.10. The van der Waals surface area contributed by atoms with Gasteiger partial charge in [-0.05, 0) is 12.1 Å². The van der Waals surface area contributed by atoms with Gasteiger partial charge in [0.15, 0.2) is 5.76 Å². The first-order valence-corrected chi connectivity index (χ1v) is 4.21. The Hall–Kier alpha value is -2.37. The lowest BCUT2D eigenvalue weighted by molar-refractivity contribution is 0.414. The molecule has 0 aliphatic carbocycles. The molecule has 3 rings (SSSR count). The monoisotopic (exact) mass is 203 g/mol. The molecule has 0 unspecified atom stereocenters. The summed E-state index contributed by atoms with van der Waals surface area (Å²) < 4.78 is 15.1. The van der Waals surface area contributed by atoms with Gasteiger partial charge < -0.3 is 13.4 Å². The summed E-state index contributed by atoms with van der Waals surface area (Å²) in [5.74, 6) is 1.43. The SMILES string of the molecule is c1coc(-c2nc(-c3ncco3)no2)c1. The third-order valence-electron chi connectivity index (χ3n) is 1.78. The molecule has 3 aromatic rings. The van der Waals surface area contributed by atoms with Crippen LogP contribution in [-0.4, -0.2) is 15.1 Å². The van der Waals surface area contributed by atoms with Crippen LogP contribution in [0, 0.1) is 0 Å². The van der Waals surface area contributed by atoms with Crippen molar-refractivity contribution in [2.45, 2.75) is 0 Å². The van der Waals surface area contributed by atoms with Crippen molar-refractivity contribution in [3.8, 4) is 23.4 Å². The highest BCUT2D eigenvalue weighted by Crippen LogP contribution is 2.20. The highest BCUT2D eigenvalue weighted by molar-refractivity contribution is 5.48. The molecule has 6 nitrogen and oxygen atoms in total. The number of aromatic nitrogens is 3. The average Bonchev–Trinajstić information content (AvgIpc) is 3.02. The Bertz CT molecular complexity index is 490. The molecule has 0 aromatic carbocycles. The molecule has 6 heteroatoms. The van der Waals surface area contributed by atoms with Crippen LogP contribution in [0.15, 0.2) is 44.2 Å². The molecule has 0 radical (unpaired) electrons. The number of furan rings is 1. The molecule has 0 fully saturated rings. The molecular weight excluding hydrogens is 198 g/mol. The van der Waals surface area contributed by atoms with Gasteiger partial charge in [-0.2, -0.15) is 4.98 Å². The number of rotatable bonds is 2. The lowest BCUT2D eigenvalue weighted by atomic mass is 10.4. The van der Waals surface area contributed by atoms with E-state index in [9.17, 15) is 0 Å². The van der Waals surface area contributed by atoms with Gasteiger partial charge in [-0.25, -0.2) is 4.98 Å². The minimum Gasteiger partial charge on any atom is -0.459 e. The van der Waals surface area contributed by atoms with Crippen molar-refractivity contribution in [1.29, 1.82) is 0 Å². The molecule has 0 atom stereocenters. The summed E-state index contributed by atoms with van der Waals surface area (Å²) in [5, 5.41) is 3.71. The van der Waals surface area contributed by atoms with E-state index >= 15 is 0 Å². The molecule has 74 valence electrons. The molecule has 0 bridgehead atoms. The second-order valence-corrected chi connectivity index (χ2v) is 2.74. The standard InChI is InChI=1S/C9H5N3O3/c1-2-6(13-4-1)8-11-7(12-15-8)9-10-3-5-14-9/h1-5H. The summed E-state index contributed by atoms with van der Waals surface area (Å²) in [6, 6.07) is 3.47. The maximum absolute atomic E-state index is 5.10. The van der Waals surface area contributed by atoms with Crippen molar-refractivity contribution < 1.29 is 13.4 Å². The second-order valence-electron chi connectivity index (χ2n) is 2.74. The van der Waals surface area contributed by atoms with Crippen molar-refractivity contribution in [1.82, 2.24) is 15.1 Å². The fourth-order valence-electron chi connectivity index (χ4n) is 1.14. The van der Waals surface area contributed by atoms with Gasteiger partial charge in [0.1, 0.15) is 6.26 Å². The van der Waals surface area contributed by atoms with E-state index < -0.39 is 0 Å². The molecule has 0 aliphatic heterocycles. The average molecular weight is 203 g/mol. The minimum atomic E-state index is 0.298. The zero-order chi connectivity index (χ0) is 10.1. The van der Waals surface area contributed by atoms with Gasteiger partial charge in [0.2, 0.25) is 0 Å². The van der Waals surface area contributed by atoms with E-state index in [0.717, 1.165) is 0 Å². The van der Waals surface area contributed by atoms with Crippen LogP contribution in [0.5, 0.6) is 0 Å². The second kappa shape index (κ2) is 3.09. The van der Waals surface area contributed by atoms with E-state index in [2.05, 4.69) is 15.1 Å². The molecule has 3 aromatic heterocycles. The Morgan fingerprint density at radius 1 is 1.07 bits per heavy atom. The van der Waals surface area contributed by atoms with Crippen molar-refractivity contribution in [3.63, 3.8) is 0 Å². The Balaban J connectivity index is 2.02. The van der Waals surface area contributed by atoms with Crippen LogP contribution in [-0.2, 0) is 0 Å². The third-order valence-corrected chi connectivity index (χ3v) is 1.78. The molecule has 0 aliphatic rings. The zero-order valence-corrected chi connectivity index (χ0v) is 7.45. The van der Waals surface area contributed by atoms with E-state index in [-0.39, 0.29) is 0 Å². The first-order chi connectivity index (χ1) is 7.43. The van der Waals surface area contributed by atoms with Crippen molar-refractivity contribution in [2.75, 3.05) is 0 Å². The Morgan fingerprint density at radius 3 is 2.80 bits per heavy atom. The Kier molecular flexibility index (Phi) is 1.64. The van der Waals surface area contributed by atoms with Gasteiger partial charge in [0.25, 0.3) is 17.6 Å². The van der Waals surface area contributed by atoms with Crippen LogP contribution >= 0.6 is 0 Å². The fourth-order valence-corrected chi connectivity index (χ4v) is 1.14. The molecule has 15 heavy (non-hydrogen) atoms. The van der Waals surface area contributed by atoms with Gasteiger partial charge in [0.05, 0.1) is 12.5 Å². The number of hydrogen-bond donors (Lipinski definition) is 0. The molecule has 0 saturated carbocycles. The highest BCUT2D eigenvalue weighted by atomic mass is 16.5. The smallest absolute Gasteiger partial charge is 0.294 e. The van der Waals surface area contributed by atoms with E-state index in [0.29, 0.717) is 23.4 Å². The third kappa shape index (κ3) is 1.32. The largest absolute Gasteiger partial charge is 0.459 e. The van der Waals surface area contributed by atoms with E-state index in [4.69, 9.17) is 13.4 Å². The lowest BCUT2D eigenvalue weighted by Crippen LogP contribution is -1.79. The Morgan fingerprint density at radius 2 is 2.07 bits per heavy atom. The van der Waals surface area contributed by atoms with Crippen LogP contribution in [0.4, 0.5) is 0 Å². The summed E-state index contributed by atoms with van der Waals surface area (Å²) in [5.41, 5.74) is 0. The molecule has 0 N–H and O–H groups in total. The summed E-state index contributed by atoms with van der Waals surface area (Å²) >= 11 is 0. The van der Waals surface area contributed by atoms with Gasteiger partial charge in [0, 0.05) is 0 Å². The maximum Gasteiger partial charge on any atom is 0.294 e. The van der Waals surface area contributed by atoms with Crippen molar-refractivity contribution in [2.24, 2.45) is 0 Å². The van der Waals surface area contributed by atoms with E-state index in [1.54, 1.807) is 12.1 Å². The van der Waals surface area contributed by atoms with E-state index in [1.165, 1.54) is 18.7 Å². The summed E-state index contributed by atoms with van der Waals surface area (Å²) in [6.45, 7) is 0. The summed E-state index contributed by atoms with van der Waals surface area (Å²) in [7, 11) is 0. The molecular formula is C9H5N3O3. The van der Waals surface area contributed by atoms with Gasteiger partial charge in [-0.3, -0.25) is 0 Å². The molecule has 3 heterocycles. The number of nitrogens with zero attached hydrogens (tertiary/aromatic N) is 3. The highest BCUT2D eigenvalue weighted by Gasteiger charge is 2.14. The predicted octanol–water partition coefficient (Wildman–Crippen LogP) is 1.98. The first-order valence-electron chi connectivity index (χ1n) is 4.21. The molecule has 0 saturated heterocycles. The van der Waals surface area contributed by atoms with Crippen LogP contribution < -0.4 is 0 Å². The van der Waals surface area contributed by atoms with Crippen LogP contribution in [0.3, 0.4) is 0 Å². The molecule has 0 amide bonds. The van der Waals surface area contributed by atoms with Crippen LogP contribution in [0.25, 0.3) is 23.4 Å². The Labute approximate surface area is 83.5 Å². The normalized spacial score (nSPS) is 10.7. The summed E-state index contributed by atoms with van der Waals surface area (Å²) in [6.07, 6.45) is 4.49. The topological polar surface area (TPSA) is 78.1 Å². The minimum absolute atomic E-state index is 0.298. The number of oxazole rings is 1. The van der Waals surface area contributed by atoms with Crippen LogP contribution in [0.1, 0.15) is 0 Å². The van der Waals surface area contributed by atoms with Gasteiger partial charge in [-0.15, -0.1) is 0 Å². The van der Waals surface area contributed by atoms with Crippen molar-refractivity contribution >= 4 is 0 Å². The first kappa shape index (κ1) is 7.98.